The molecular weight excluding hydrogens is 444 g/mol. The first kappa shape index (κ1) is 28.4. The number of methoxy groups -OCH3 is 1. The van der Waals surface area contributed by atoms with Crippen molar-refractivity contribution in [3.8, 4) is 0 Å². The van der Waals surface area contributed by atoms with Crippen molar-refractivity contribution in [1.29, 1.82) is 0 Å². The fourth-order valence-electron chi connectivity index (χ4n) is 3.16. The Hall–Kier alpha value is -3.63. The van der Waals surface area contributed by atoms with Crippen LogP contribution < -0.4 is 16.4 Å². The van der Waals surface area contributed by atoms with Gasteiger partial charge in [0.2, 0.25) is 17.7 Å². The molecule has 2 atom stereocenters. The molecule has 0 saturated heterocycles. The number of likely N-dealkylation sites (N-methyl/N-ethyl adjacent to an activating group) is 1. The van der Waals surface area contributed by atoms with E-state index in [2.05, 4.69) is 15.4 Å². The molecule has 1 aromatic carbocycles. The number of ether oxygens (including phenoxy) is 2. The number of aryl methyl sites for hydroxylation is 1. The molecule has 1 aromatic rings. The zero-order chi connectivity index (χ0) is 26.1. The Labute approximate surface area is 199 Å². The monoisotopic (exact) mass is 478 g/mol. The van der Waals surface area contributed by atoms with Crippen LogP contribution in [0.3, 0.4) is 0 Å². The molecule has 4 amide bonds. The summed E-state index contributed by atoms with van der Waals surface area (Å²) >= 11 is 0. The molecule has 0 aliphatic rings. The van der Waals surface area contributed by atoms with Crippen LogP contribution in [-0.2, 0) is 28.7 Å². The van der Waals surface area contributed by atoms with Crippen LogP contribution in [0.1, 0.15) is 51.3 Å². The summed E-state index contributed by atoms with van der Waals surface area (Å²) in [5.41, 5.74) is 5.79. The van der Waals surface area contributed by atoms with E-state index in [1.807, 2.05) is 13.0 Å². The topological polar surface area (TPSA) is 157 Å². The Morgan fingerprint density at radius 3 is 2.29 bits per heavy atom. The number of hydrogen-bond donors (Lipinski definition) is 3. The first-order valence-corrected chi connectivity index (χ1v) is 10.8. The standard InChI is InChI=1S/C23H34N4O7/c1-7-27(21(31)16(12-17(24)28)26-22(32)34-23(3,4)5)19(15-10-8-9-14(2)11-15)20(30)25-13-18(29)33-6/h8-11,16,19H,7,12-13H2,1-6H3,(H2,24,28)(H,25,30)(H,26,32). The number of carbonyl (C=O) groups excluding carboxylic acids is 5. The minimum atomic E-state index is -1.37. The molecule has 0 saturated carbocycles. The normalized spacial score (nSPS) is 12.6. The van der Waals surface area contributed by atoms with Gasteiger partial charge >= 0.3 is 12.1 Å². The third kappa shape index (κ3) is 9.08. The van der Waals surface area contributed by atoms with Crippen LogP contribution in [0.4, 0.5) is 4.79 Å². The maximum Gasteiger partial charge on any atom is 0.408 e. The lowest BCUT2D eigenvalue weighted by Gasteiger charge is -2.33. The fraction of sp³-hybridized carbons (Fsp3) is 0.522. The van der Waals surface area contributed by atoms with E-state index in [1.54, 1.807) is 45.9 Å². The molecule has 0 spiro atoms. The van der Waals surface area contributed by atoms with Gasteiger partial charge in [-0.05, 0) is 40.2 Å². The Morgan fingerprint density at radius 1 is 1.15 bits per heavy atom. The van der Waals surface area contributed by atoms with E-state index in [0.717, 1.165) is 5.56 Å². The van der Waals surface area contributed by atoms with Gasteiger partial charge in [-0.15, -0.1) is 0 Å². The summed E-state index contributed by atoms with van der Waals surface area (Å²) in [7, 11) is 1.19. The maximum atomic E-state index is 13.5. The molecule has 0 heterocycles. The quantitative estimate of drug-likeness (QED) is 0.422. The highest BCUT2D eigenvalue weighted by Crippen LogP contribution is 2.24. The van der Waals surface area contributed by atoms with Gasteiger partial charge in [0.1, 0.15) is 24.2 Å². The van der Waals surface area contributed by atoms with Gasteiger partial charge in [0, 0.05) is 6.54 Å². The third-order valence-corrected chi connectivity index (χ3v) is 4.57. The van der Waals surface area contributed by atoms with Crippen molar-refractivity contribution in [2.75, 3.05) is 20.2 Å². The van der Waals surface area contributed by atoms with Crippen LogP contribution in [0, 0.1) is 6.92 Å². The average molecular weight is 479 g/mol. The van der Waals surface area contributed by atoms with E-state index in [9.17, 15) is 24.0 Å². The number of nitrogens with zero attached hydrogens (tertiary/aromatic N) is 1. The molecular formula is C23H34N4O7. The largest absolute Gasteiger partial charge is 0.468 e. The number of nitrogens with two attached hydrogens (primary N) is 1. The van der Waals surface area contributed by atoms with Crippen molar-refractivity contribution < 1.29 is 33.4 Å². The van der Waals surface area contributed by atoms with Crippen molar-refractivity contribution in [3.63, 3.8) is 0 Å². The minimum absolute atomic E-state index is 0.0499. The molecule has 1 rings (SSSR count). The molecule has 0 aliphatic carbocycles. The number of esters is 1. The second-order valence-electron chi connectivity index (χ2n) is 8.60. The Morgan fingerprint density at radius 2 is 1.79 bits per heavy atom. The van der Waals surface area contributed by atoms with Crippen LogP contribution in [0.25, 0.3) is 0 Å². The number of amides is 4. The number of primary amides is 1. The van der Waals surface area contributed by atoms with Crippen molar-refractivity contribution >= 4 is 29.8 Å². The second-order valence-corrected chi connectivity index (χ2v) is 8.60. The van der Waals surface area contributed by atoms with Gasteiger partial charge in [-0.25, -0.2) is 4.79 Å². The van der Waals surface area contributed by atoms with Gasteiger partial charge in [-0.1, -0.05) is 29.8 Å². The zero-order valence-electron chi connectivity index (χ0n) is 20.5. The predicted molar refractivity (Wildman–Crippen MR) is 123 cm³/mol. The molecule has 0 aromatic heterocycles. The van der Waals surface area contributed by atoms with Crippen molar-refractivity contribution in [2.45, 2.75) is 58.7 Å². The van der Waals surface area contributed by atoms with Crippen molar-refractivity contribution in [2.24, 2.45) is 5.73 Å². The van der Waals surface area contributed by atoms with Gasteiger partial charge in [-0.2, -0.15) is 0 Å². The SMILES string of the molecule is CCN(C(=O)C(CC(N)=O)NC(=O)OC(C)(C)C)C(C(=O)NCC(=O)OC)c1cccc(C)c1. The molecule has 0 aliphatic heterocycles. The summed E-state index contributed by atoms with van der Waals surface area (Å²) in [5.74, 6) is -2.84. The zero-order valence-corrected chi connectivity index (χ0v) is 20.5. The van der Waals surface area contributed by atoms with E-state index in [0.29, 0.717) is 5.56 Å². The number of hydrogen-bond acceptors (Lipinski definition) is 7. The van der Waals surface area contributed by atoms with Gasteiger partial charge < -0.3 is 30.7 Å². The lowest BCUT2D eigenvalue weighted by Crippen LogP contribution is -2.54. The Bertz CT molecular complexity index is 911. The molecule has 34 heavy (non-hydrogen) atoms. The molecule has 0 bridgehead atoms. The van der Waals surface area contributed by atoms with Gasteiger partial charge in [0.15, 0.2) is 0 Å². The number of rotatable bonds is 10. The van der Waals surface area contributed by atoms with Crippen molar-refractivity contribution in [1.82, 2.24) is 15.5 Å². The molecule has 188 valence electrons. The molecule has 11 nitrogen and oxygen atoms in total. The van der Waals surface area contributed by atoms with Crippen LogP contribution in [0.2, 0.25) is 0 Å². The lowest BCUT2D eigenvalue weighted by atomic mass is 10.0. The first-order valence-electron chi connectivity index (χ1n) is 10.8. The van der Waals surface area contributed by atoms with Gasteiger partial charge in [0.05, 0.1) is 13.5 Å². The summed E-state index contributed by atoms with van der Waals surface area (Å²) in [6.45, 7) is 8.06. The predicted octanol–water partition coefficient (Wildman–Crippen LogP) is 0.943. The van der Waals surface area contributed by atoms with Gasteiger partial charge in [0.25, 0.3) is 0 Å². The maximum absolute atomic E-state index is 13.5. The van der Waals surface area contributed by atoms with E-state index >= 15 is 0 Å². The van der Waals surface area contributed by atoms with Crippen molar-refractivity contribution in [3.05, 3.63) is 35.4 Å². The number of carbonyl (C=O) groups is 5. The number of benzene rings is 1. The summed E-state index contributed by atoms with van der Waals surface area (Å²) in [6.07, 6.45) is -1.41. The highest BCUT2D eigenvalue weighted by atomic mass is 16.6. The molecule has 0 fully saturated rings. The smallest absolute Gasteiger partial charge is 0.408 e. The highest BCUT2D eigenvalue weighted by Gasteiger charge is 2.36. The summed E-state index contributed by atoms with van der Waals surface area (Å²) < 4.78 is 9.75. The summed E-state index contributed by atoms with van der Waals surface area (Å²) in [6, 6.07) is 4.41. The number of alkyl carbamates (subject to hydrolysis) is 1. The third-order valence-electron chi connectivity index (χ3n) is 4.57. The minimum Gasteiger partial charge on any atom is -0.468 e. The Balaban J connectivity index is 3.34. The first-order chi connectivity index (χ1) is 15.8. The van der Waals surface area contributed by atoms with Gasteiger partial charge in [-0.3, -0.25) is 19.2 Å². The molecule has 0 radical (unpaired) electrons. The van der Waals surface area contributed by atoms with E-state index in [-0.39, 0.29) is 6.54 Å². The second kappa shape index (κ2) is 12.6. The fourth-order valence-corrected chi connectivity index (χ4v) is 3.16. The lowest BCUT2D eigenvalue weighted by molar-refractivity contribution is -0.145. The van der Waals surface area contributed by atoms with Crippen LogP contribution >= 0.6 is 0 Å². The molecule has 4 N–H and O–H groups in total. The molecule has 2 unspecified atom stereocenters. The highest BCUT2D eigenvalue weighted by molar-refractivity contribution is 5.95. The summed E-state index contributed by atoms with van der Waals surface area (Å²) in [5, 5.41) is 4.84. The van der Waals surface area contributed by atoms with Crippen LogP contribution in [-0.4, -0.2) is 66.5 Å². The Kier molecular flexibility index (Phi) is 10.5. The van der Waals surface area contributed by atoms with E-state index in [4.69, 9.17) is 10.5 Å². The van der Waals surface area contributed by atoms with E-state index < -0.39 is 60.4 Å². The van der Waals surface area contributed by atoms with Crippen LogP contribution in [0.5, 0.6) is 0 Å². The number of nitrogens with one attached hydrogen (secondary N) is 2. The van der Waals surface area contributed by atoms with E-state index in [1.165, 1.54) is 12.0 Å². The van der Waals surface area contributed by atoms with Crippen LogP contribution in [0.15, 0.2) is 24.3 Å². The average Bonchev–Trinajstić information content (AvgIpc) is 2.72. The summed E-state index contributed by atoms with van der Waals surface area (Å²) in [4.78, 5) is 63.3. The molecule has 11 heteroatoms.